The number of urea groups is 1. The summed E-state index contributed by atoms with van der Waals surface area (Å²) < 4.78 is 10.6. The van der Waals surface area contributed by atoms with Crippen LogP contribution in [0.5, 0.6) is 11.5 Å². The second-order valence-corrected chi connectivity index (χ2v) is 5.46. The number of rotatable bonds is 5. The highest BCUT2D eigenvalue weighted by Crippen LogP contribution is 2.24. The van der Waals surface area contributed by atoms with Crippen LogP contribution in [0.25, 0.3) is 10.8 Å². The maximum absolute atomic E-state index is 11.7. The Balaban J connectivity index is 1.57. The van der Waals surface area contributed by atoms with Gasteiger partial charge in [-0.25, -0.2) is 4.79 Å². The SMILES string of the molecule is COc1ccc2ccc(OCC(=O)NC(=O)NC3CC3)cc2c1. The molecule has 0 aromatic heterocycles. The molecule has 0 bridgehead atoms. The molecule has 1 fully saturated rings. The van der Waals surface area contributed by atoms with E-state index in [2.05, 4.69) is 10.6 Å². The van der Waals surface area contributed by atoms with E-state index in [1.165, 1.54) is 0 Å². The molecule has 0 unspecified atom stereocenters. The molecule has 1 aliphatic carbocycles. The van der Waals surface area contributed by atoms with Crippen molar-refractivity contribution in [1.29, 1.82) is 0 Å². The summed E-state index contributed by atoms with van der Waals surface area (Å²) in [5, 5.41) is 6.92. The maximum Gasteiger partial charge on any atom is 0.321 e. The van der Waals surface area contributed by atoms with Crippen molar-refractivity contribution < 1.29 is 19.1 Å². The average Bonchev–Trinajstić information content (AvgIpc) is 3.35. The van der Waals surface area contributed by atoms with Crippen LogP contribution in [0.3, 0.4) is 0 Å². The van der Waals surface area contributed by atoms with Gasteiger partial charge in [0.25, 0.3) is 5.91 Å². The van der Waals surface area contributed by atoms with Crippen LogP contribution in [0.4, 0.5) is 4.79 Å². The van der Waals surface area contributed by atoms with E-state index in [9.17, 15) is 9.59 Å². The van der Waals surface area contributed by atoms with Crippen molar-refractivity contribution in [3.05, 3.63) is 36.4 Å². The van der Waals surface area contributed by atoms with Crippen LogP contribution < -0.4 is 20.1 Å². The van der Waals surface area contributed by atoms with Crippen molar-refractivity contribution in [3.63, 3.8) is 0 Å². The minimum absolute atomic E-state index is 0.208. The third kappa shape index (κ3) is 4.12. The predicted octanol–water partition coefficient (Wildman–Crippen LogP) is 2.22. The molecule has 0 heterocycles. The highest BCUT2D eigenvalue weighted by Gasteiger charge is 2.23. The molecule has 6 heteroatoms. The first-order chi connectivity index (χ1) is 11.1. The Morgan fingerprint density at radius 3 is 2.48 bits per heavy atom. The van der Waals surface area contributed by atoms with E-state index < -0.39 is 11.9 Å². The zero-order chi connectivity index (χ0) is 16.2. The van der Waals surface area contributed by atoms with Gasteiger partial charge in [-0.15, -0.1) is 0 Å². The average molecular weight is 314 g/mol. The minimum Gasteiger partial charge on any atom is -0.497 e. The largest absolute Gasteiger partial charge is 0.497 e. The highest BCUT2D eigenvalue weighted by atomic mass is 16.5. The summed E-state index contributed by atoms with van der Waals surface area (Å²) in [6.07, 6.45) is 1.94. The zero-order valence-electron chi connectivity index (χ0n) is 12.8. The number of imide groups is 1. The molecule has 23 heavy (non-hydrogen) atoms. The van der Waals surface area contributed by atoms with Gasteiger partial charge in [0.1, 0.15) is 11.5 Å². The fraction of sp³-hybridized carbons (Fsp3) is 0.294. The Hall–Kier alpha value is -2.76. The first kappa shape index (κ1) is 15.1. The molecule has 2 N–H and O–H groups in total. The van der Waals surface area contributed by atoms with Gasteiger partial charge in [0.15, 0.2) is 6.61 Å². The van der Waals surface area contributed by atoms with Gasteiger partial charge < -0.3 is 14.8 Å². The molecule has 1 aliphatic rings. The first-order valence-corrected chi connectivity index (χ1v) is 7.45. The van der Waals surface area contributed by atoms with E-state index in [4.69, 9.17) is 9.47 Å². The first-order valence-electron chi connectivity index (χ1n) is 7.45. The summed E-state index contributed by atoms with van der Waals surface area (Å²) in [5.74, 6) is 0.835. The third-order valence-corrected chi connectivity index (χ3v) is 3.55. The quantitative estimate of drug-likeness (QED) is 0.887. The number of fused-ring (bicyclic) bond motifs is 1. The van der Waals surface area contributed by atoms with E-state index in [-0.39, 0.29) is 12.6 Å². The number of carbonyl (C=O) groups is 2. The predicted molar refractivity (Wildman–Crippen MR) is 85.7 cm³/mol. The molecular formula is C17H18N2O4. The molecule has 3 rings (SSSR count). The molecule has 0 atom stereocenters. The van der Waals surface area contributed by atoms with E-state index in [0.717, 1.165) is 29.4 Å². The van der Waals surface area contributed by atoms with Crippen molar-refractivity contribution in [2.75, 3.05) is 13.7 Å². The van der Waals surface area contributed by atoms with E-state index in [1.54, 1.807) is 13.2 Å². The van der Waals surface area contributed by atoms with E-state index in [1.807, 2.05) is 30.3 Å². The molecule has 0 aliphatic heterocycles. The normalized spacial score (nSPS) is 13.4. The van der Waals surface area contributed by atoms with Crippen molar-refractivity contribution in [2.45, 2.75) is 18.9 Å². The van der Waals surface area contributed by atoms with Crippen molar-refractivity contribution in [1.82, 2.24) is 10.6 Å². The summed E-state index contributed by atoms with van der Waals surface area (Å²) in [4.78, 5) is 23.1. The molecule has 1 saturated carbocycles. The van der Waals surface area contributed by atoms with Crippen LogP contribution in [0, 0.1) is 0 Å². The lowest BCUT2D eigenvalue weighted by molar-refractivity contribution is -0.122. The van der Waals surface area contributed by atoms with Gasteiger partial charge in [-0.1, -0.05) is 12.1 Å². The number of nitrogens with one attached hydrogen (secondary N) is 2. The van der Waals surface area contributed by atoms with Crippen molar-refractivity contribution >= 4 is 22.7 Å². The molecule has 0 spiro atoms. The van der Waals surface area contributed by atoms with Crippen LogP contribution in [0.1, 0.15) is 12.8 Å². The summed E-state index contributed by atoms with van der Waals surface area (Å²) in [6.45, 7) is -0.215. The maximum atomic E-state index is 11.7. The fourth-order valence-corrected chi connectivity index (χ4v) is 2.18. The summed E-state index contributed by atoms with van der Waals surface area (Å²) >= 11 is 0. The van der Waals surface area contributed by atoms with Crippen molar-refractivity contribution in [3.8, 4) is 11.5 Å². The number of ether oxygens (including phenoxy) is 2. The highest BCUT2D eigenvalue weighted by molar-refractivity contribution is 5.95. The molecule has 0 saturated heterocycles. The van der Waals surface area contributed by atoms with Gasteiger partial charge in [0.2, 0.25) is 0 Å². The lowest BCUT2D eigenvalue weighted by Gasteiger charge is -2.09. The smallest absolute Gasteiger partial charge is 0.321 e. The summed E-state index contributed by atoms with van der Waals surface area (Å²) in [7, 11) is 1.61. The Kier molecular flexibility index (Phi) is 4.32. The Bertz CT molecular complexity index is 740. The van der Waals surface area contributed by atoms with Crippen molar-refractivity contribution in [2.24, 2.45) is 0 Å². The van der Waals surface area contributed by atoms with Crippen LogP contribution >= 0.6 is 0 Å². The molecule has 2 aromatic rings. The lowest BCUT2D eigenvalue weighted by atomic mass is 10.1. The number of benzene rings is 2. The van der Waals surface area contributed by atoms with Gasteiger partial charge in [-0.2, -0.15) is 0 Å². The van der Waals surface area contributed by atoms with Gasteiger partial charge in [-0.3, -0.25) is 10.1 Å². The molecule has 6 nitrogen and oxygen atoms in total. The fourth-order valence-electron chi connectivity index (χ4n) is 2.18. The van der Waals surface area contributed by atoms with Gasteiger partial charge >= 0.3 is 6.03 Å². The molecule has 3 amide bonds. The Morgan fingerprint density at radius 1 is 1.09 bits per heavy atom. The second-order valence-electron chi connectivity index (χ2n) is 5.46. The van der Waals surface area contributed by atoms with Crippen LogP contribution in [0.2, 0.25) is 0 Å². The molecular weight excluding hydrogens is 296 g/mol. The number of hydrogen-bond acceptors (Lipinski definition) is 4. The number of hydrogen-bond donors (Lipinski definition) is 2. The number of methoxy groups -OCH3 is 1. The summed E-state index contributed by atoms with van der Waals surface area (Å²) in [6, 6.07) is 11.0. The monoisotopic (exact) mass is 314 g/mol. The van der Waals surface area contributed by atoms with Gasteiger partial charge in [-0.05, 0) is 47.9 Å². The molecule has 0 radical (unpaired) electrons. The topological polar surface area (TPSA) is 76.7 Å². The van der Waals surface area contributed by atoms with E-state index in [0.29, 0.717) is 5.75 Å². The minimum atomic E-state index is -0.478. The lowest BCUT2D eigenvalue weighted by Crippen LogP contribution is -2.42. The number of carbonyl (C=O) groups excluding carboxylic acids is 2. The second kappa shape index (κ2) is 6.56. The third-order valence-electron chi connectivity index (χ3n) is 3.55. The molecule has 2 aromatic carbocycles. The Morgan fingerprint density at radius 2 is 1.78 bits per heavy atom. The standard InChI is InChI=1S/C17H18N2O4/c1-22-14-6-2-11-3-7-15(9-12(11)8-14)23-10-16(20)19-17(21)18-13-4-5-13/h2-3,6-9,13H,4-5,10H2,1H3,(H2,18,19,20,21). The Labute approximate surface area is 133 Å². The summed E-state index contributed by atoms with van der Waals surface area (Å²) in [5.41, 5.74) is 0. The molecule has 120 valence electrons. The van der Waals surface area contributed by atoms with Gasteiger partial charge in [0.05, 0.1) is 7.11 Å². The van der Waals surface area contributed by atoms with Crippen LogP contribution in [-0.4, -0.2) is 31.7 Å². The van der Waals surface area contributed by atoms with Gasteiger partial charge in [0, 0.05) is 6.04 Å². The van der Waals surface area contributed by atoms with Crippen LogP contribution in [0.15, 0.2) is 36.4 Å². The van der Waals surface area contributed by atoms with E-state index >= 15 is 0 Å². The number of amides is 3. The van der Waals surface area contributed by atoms with Crippen LogP contribution in [-0.2, 0) is 4.79 Å². The zero-order valence-corrected chi connectivity index (χ0v) is 12.8.